The zero-order chi connectivity index (χ0) is 11.4. The second-order valence-electron chi connectivity index (χ2n) is 3.60. The molecule has 0 atom stereocenters. The summed E-state index contributed by atoms with van der Waals surface area (Å²) in [6.45, 7) is 2.06. The molecule has 2 aromatic carbocycles. The average molecular weight is 209 g/mol. The summed E-state index contributed by atoms with van der Waals surface area (Å²) in [6, 6.07) is 15.9. The topological polar surface area (TPSA) is 48.8 Å². The molecule has 2 rings (SSSR count). The van der Waals surface area contributed by atoms with Crippen LogP contribution in [0.25, 0.3) is 21.6 Å². The van der Waals surface area contributed by atoms with E-state index < -0.39 is 0 Å². The van der Waals surface area contributed by atoms with Crippen LogP contribution in [0.2, 0.25) is 0 Å². The van der Waals surface area contributed by atoms with Gasteiger partial charge in [0.2, 0.25) is 0 Å². The van der Waals surface area contributed by atoms with Crippen LogP contribution in [0, 0.1) is 6.92 Å². The lowest BCUT2D eigenvalue weighted by atomic mass is 10.0. The molecule has 0 aliphatic carbocycles. The lowest BCUT2D eigenvalue weighted by Gasteiger charge is -2.02. The normalized spacial score (nSPS) is 9.56. The maximum Gasteiger partial charge on any atom is 0.0375 e. The molecule has 0 bridgehead atoms. The number of nitrogens with zero attached hydrogens (tertiary/aromatic N) is 3. The highest BCUT2D eigenvalue weighted by molar-refractivity contribution is 5.65. The van der Waals surface area contributed by atoms with E-state index in [1.165, 1.54) is 5.56 Å². The van der Waals surface area contributed by atoms with Gasteiger partial charge >= 0.3 is 0 Å². The molecule has 3 heteroatoms. The minimum Gasteiger partial charge on any atom is -0.0608 e. The second-order valence-corrected chi connectivity index (χ2v) is 3.60. The maximum absolute atomic E-state index is 8.29. The van der Waals surface area contributed by atoms with Gasteiger partial charge in [-0.1, -0.05) is 59.2 Å². The standard InChI is InChI=1S/C13H11N3/c1-10-2-4-11(5-3-10)12-6-8-13(9-7-12)15-16-14/h2-9H,1H3. The highest BCUT2D eigenvalue weighted by Crippen LogP contribution is 2.22. The Morgan fingerprint density at radius 3 is 1.88 bits per heavy atom. The lowest BCUT2D eigenvalue weighted by Crippen LogP contribution is -1.77. The average Bonchev–Trinajstić information content (AvgIpc) is 2.32. The zero-order valence-electron chi connectivity index (χ0n) is 8.96. The first-order chi connectivity index (χ1) is 7.79. The van der Waals surface area contributed by atoms with Crippen molar-refractivity contribution in [3.05, 3.63) is 64.5 Å². The number of hydrogen-bond acceptors (Lipinski definition) is 1. The van der Waals surface area contributed by atoms with Gasteiger partial charge < -0.3 is 0 Å². The van der Waals surface area contributed by atoms with Gasteiger partial charge in [0, 0.05) is 10.6 Å². The molecule has 0 amide bonds. The monoisotopic (exact) mass is 209 g/mol. The van der Waals surface area contributed by atoms with E-state index in [0.29, 0.717) is 5.69 Å². The van der Waals surface area contributed by atoms with Crippen molar-refractivity contribution in [2.24, 2.45) is 5.11 Å². The Kier molecular flexibility index (Phi) is 2.90. The molecule has 0 spiro atoms. The van der Waals surface area contributed by atoms with Gasteiger partial charge in [-0.05, 0) is 23.6 Å². The first-order valence-electron chi connectivity index (χ1n) is 5.02. The van der Waals surface area contributed by atoms with Crippen molar-refractivity contribution < 1.29 is 0 Å². The van der Waals surface area contributed by atoms with E-state index in [0.717, 1.165) is 11.1 Å². The van der Waals surface area contributed by atoms with Gasteiger partial charge in [-0.25, -0.2) is 0 Å². The van der Waals surface area contributed by atoms with E-state index in [1.807, 2.05) is 24.3 Å². The van der Waals surface area contributed by atoms with Crippen LogP contribution < -0.4 is 0 Å². The summed E-state index contributed by atoms with van der Waals surface area (Å²) in [7, 11) is 0. The van der Waals surface area contributed by atoms with E-state index in [-0.39, 0.29) is 0 Å². The molecule has 0 N–H and O–H groups in total. The molecule has 0 saturated heterocycles. The third kappa shape index (κ3) is 2.22. The van der Waals surface area contributed by atoms with Gasteiger partial charge in [-0.15, -0.1) is 0 Å². The Hall–Kier alpha value is -2.25. The molecule has 0 aliphatic heterocycles. The number of hydrogen-bond donors (Lipinski definition) is 0. The Morgan fingerprint density at radius 2 is 1.38 bits per heavy atom. The minimum absolute atomic E-state index is 0.637. The van der Waals surface area contributed by atoms with Gasteiger partial charge in [0.15, 0.2) is 0 Å². The number of aryl methyl sites for hydroxylation is 1. The third-order valence-corrected chi connectivity index (χ3v) is 2.41. The van der Waals surface area contributed by atoms with Crippen molar-refractivity contribution >= 4 is 5.69 Å². The molecule has 0 fully saturated rings. The summed E-state index contributed by atoms with van der Waals surface area (Å²) in [4.78, 5) is 2.74. The van der Waals surface area contributed by atoms with Crippen molar-refractivity contribution in [3.63, 3.8) is 0 Å². The van der Waals surface area contributed by atoms with Crippen LogP contribution in [-0.2, 0) is 0 Å². The predicted molar refractivity (Wildman–Crippen MR) is 65.4 cm³/mol. The van der Waals surface area contributed by atoms with Crippen molar-refractivity contribution in [2.75, 3.05) is 0 Å². The van der Waals surface area contributed by atoms with Gasteiger partial charge in [0.25, 0.3) is 0 Å². The zero-order valence-corrected chi connectivity index (χ0v) is 8.96. The van der Waals surface area contributed by atoms with E-state index in [9.17, 15) is 0 Å². The molecule has 0 heterocycles. The summed E-state index contributed by atoms with van der Waals surface area (Å²) in [5, 5.41) is 3.54. The molecular formula is C13H11N3. The number of rotatable bonds is 2. The third-order valence-electron chi connectivity index (χ3n) is 2.41. The lowest BCUT2D eigenvalue weighted by molar-refractivity contribution is 1.45. The largest absolute Gasteiger partial charge is 0.0608 e. The van der Waals surface area contributed by atoms with Gasteiger partial charge in [-0.3, -0.25) is 0 Å². The van der Waals surface area contributed by atoms with Crippen LogP contribution in [0.15, 0.2) is 53.6 Å². The van der Waals surface area contributed by atoms with Crippen LogP contribution in [-0.4, -0.2) is 0 Å². The van der Waals surface area contributed by atoms with E-state index in [2.05, 4.69) is 41.2 Å². The van der Waals surface area contributed by atoms with E-state index in [1.54, 1.807) is 0 Å². The Labute approximate surface area is 94.0 Å². The summed E-state index contributed by atoms with van der Waals surface area (Å²) >= 11 is 0. The molecule has 0 aliphatic rings. The summed E-state index contributed by atoms with van der Waals surface area (Å²) in [6.07, 6.45) is 0. The van der Waals surface area contributed by atoms with E-state index >= 15 is 0 Å². The SMILES string of the molecule is Cc1ccc(-c2ccc(N=[N+]=[N-])cc2)cc1. The fraction of sp³-hybridized carbons (Fsp3) is 0.0769. The van der Waals surface area contributed by atoms with Crippen LogP contribution in [0.1, 0.15) is 5.56 Å². The summed E-state index contributed by atoms with van der Waals surface area (Å²) in [5.41, 5.74) is 12.5. The molecule has 78 valence electrons. The molecule has 0 aromatic heterocycles. The first kappa shape index (κ1) is 10.3. The van der Waals surface area contributed by atoms with E-state index in [4.69, 9.17) is 5.53 Å². The predicted octanol–water partition coefficient (Wildman–Crippen LogP) is 4.60. The van der Waals surface area contributed by atoms with Crippen molar-refractivity contribution in [2.45, 2.75) is 6.92 Å². The molecule has 16 heavy (non-hydrogen) atoms. The van der Waals surface area contributed by atoms with Crippen LogP contribution in [0.3, 0.4) is 0 Å². The number of azide groups is 1. The highest BCUT2D eigenvalue weighted by atomic mass is 15.1. The van der Waals surface area contributed by atoms with Gasteiger partial charge in [-0.2, -0.15) is 0 Å². The van der Waals surface area contributed by atoms with Crippen molar-refractivity contribution in [3.8, 4) is 11.1 Å². The molecule has 3 nitrogen and oxygen atoms in total. The molecule has 0 unspecified atom stereocenters. The maximum atomic E-state index is 8.29. The van der Waals surface area contributed by atoms with Crippen molar-refractivity contribution in [1.29, 1.82) is 0 Å². The quantitative estimate of drug-likeness (QED) is 0.394. The second kappa shape index (κ2) is 4.51. The summed E-state index contributed by atoms with van der Waals surface area (Å²) < 4.78 is 0. The summed E-state index contributed by atoms with van der Waals surface area (Å²) in [5.74, 6) is 0. The highest BCUT2D eigenvalue weighted by Gasteiger charge is 1.96. The van der Waals surface area contributed by atoms with Gasteiger partial charge in [0.05, 0.1) is 0 Å². The number of benzene rings is 2. The van der Waals surface area contributed by atoms with Crippen LogP contribution >= 0.6 is 0 Å². The Balaban J connectivity index is 2.34. The Morgan fingerprint density at radius 1 is 0.875 bits per heavy atom. The fourth-order valence-corrected chi connectivity index (χ4v) is 1.52. The molecular weight excluding hydrogens is 198 g/mol. The first-order valence-corrected chi connectivity index (χ1v) is 5.02. The fourth-order valence-electron chi connectivity index (χ4n) is 1.52. The minimum atomic E-state index is 0.637. The smallest absolute Gasteiger partial charge is 0.0375 e. The van der Waals surface area contributed by atoms with Crippen molar-refractivity contribution in [1.82, 2.24) is 0 Å². The molecule has 2 aromatic rings. The molecule has 0 radical (unpaired) electrons. The molecule has 0 saturated carbocycles. The Bertz CT molecular complexity index is 520. The van der Waals surface area contributed by atoms with Gasteiger partial charge in [0.1, 0.15) is 0 Å². The van der Waals surface area contributed by atoms with Crippen LogP contribution in [0.4, 0.5) is 5.69 Å². The van der Waals surface area contributed by atoms with Crippen LogP contribution in [0.5, 0.6) is 0 Å².